The Balaban J connectivity index is 2.12. The van der Waals surface area contributed by atoms with Crippen molar-refractivity contribution < 1.29 is 4.39 Å². The van der Waals surface area contributed by atoms with Crippen LogP contribution in [0.15, 0.2) is 18.2 Å². The zero-order valence-corrected chi connectivity index (χ0v) is 13.4. The van der Waals surface area contributed by atoms with Gasteiger partial charge in [-0.3, -0.25) is 0 Å². The quantitative estimate of drug-likeness (QED) is 0.778. The molecule has 21 heavy (non-hydrogen) atoms. The van der Waals surface area contributed by atoms with Crippen molar-refractivity contribution in [1.29, 1.82) is 0 Å². The molecule has 0 spiro atoms. The number of piperidine rings is 1. The fraction of sp³-hybridized carbons (Fsp3) is 0.562. The summed E-state index contributed by atoms with van der Waals surface area (Å²) in [6, 6.07) is 5.99. The van der Waals surface area contributed by atoms with Crippen LogP contribution >= 0.6 is 11.6 Å². The minimum absolute atomic E-state index is 0.230. The van der Waals surface area contributed by atoms with Crippen molar-refractivity contribution in [3.63, 3.8) is 0 Å². The molecule has 2 aromatic rings. The second kappa shape index (κ2) is 5.58. The van der Waals surface area contributed by atoms with E-state index in [1.165, 1.54) is 6.07 Å². The SMILES string of the molecule is CC(Cl)c1nc2c(F)cccc2n1C1CCN(C)C(C)C1. The molecule has 0 saturated carbocycles. The Bertz CT molecular complexity index is 652. The maximum absolute atomic E-state index is 14.0. The number of nitrogens with zero attached hydrogens (tertiary/aromatic N) is 3. The second-order valence-electron chi connectivity index (χ2n) is 6.07. The predicted octanol–water partition coefficient (Wildman–Crippen LogP) is 4.13. The summed E-state index contributed by atoms with van der Waals surface area (Å²) in [5.74, 6) is 0.504. The van der Waals surface area contributed by atoms with Gasteiger partial charge in [0.05, 0.1) is 10.9 Å². The molecule has 3 unspecified atom stereocenters. The Kier molecular flexibility index (Phi) is 3.93. The maximum Gasteiger partial charge on any atom is 0.151 e. The third-order valence-corrected chi connectivity index (χ3v) is 4.79. The highest BCUT2D eigenvalue weighted by Gasteiger charge is 2.28. The Morgan fingerprint density at radius 3 is 2.86 bits per heavy atom. The monoisotopic (exact) mass is 309 g/mol. The van der Waals surface area contributed by atoms with Gasteiger partial charge < -0.3 is 9.47 Å². The molecule has 0 bridgehead atoms. The van der Waals surface area contributed by atoms with Crippen LogP contribution in [-0.2, 0) is 0 Å². The minimum atomic E-state index is -0.272. The molecule has 1 aliphatic rings. The lowest BCUT2D eigenvalue weighted by Gasteiger charge is -2.36. The molecule has 0 radical (unpaired) electrons. The number of para-hydroxylation sites is 1. The summed E-state index contributed by atoms with van der Waals surface area (Å²) in [5, 5.41) is -0.230. The topological polar surface area (TPSA) is 21.1 Å². The van der Waals surface area contributed by atoms with Crippen LogP contribution in [0.4, 0.5) is 4.39 Å². The summed E-state index contributed by atoms with van der Waals surface area (Å²) in [4.78, 5) is 6.83. The van der Waals surface area contributed by atoms with Gasteiger partial charge in [-0.2, -0.15) is 0 Å². The molecule has 0 amide bonds. The van der Waals surface area contributed by atoms with Crippen LogP contribution in [0, 0.1) is 5.82 Å². The number of benzene rings is 1. The molecule has 1 saturated heterocycles. The van der Waals surface area contributed by atoms with Gasteiger partial charge in [-0.05, 0) is 45.9 Å². The zero-order valence-electron chi connectivity index (χ0n) is 12.7. The van der Waals surface area contributed by atoms with Gasteiger partial charge in [-0.1, -0.05) is 6.07 Å². The van der Waals surface area contributed by atoms with Crippen LogP contribution in [0.5, 0.6) is 0 Å². The third-order valence-electron chi connectivity index (χ3n) is 4.60. The first kappa shape index (κ1) is 14.8. The van der Waals surface area contributed by atoms with Gasteiger partial charge in [0.2, 0.25) is 0 Å². The molecule has 2 heterocycles. The van der Waals surface area contributed by atoms with Gasteiger partial charge in [-0.15, -0.1) is 11.6 Å². The van der Waals surface area contributed by atoms with Crippen LogP contribution in [0.2, 0.25) is 0 Å². The van der Waals surface area contributed by atoms with E-state index in [9.17, 15) is 4.39 Å². The first-order valence-electron chi connectivity index (χ1n) is 7.49. The molecule has 1 aromatic carbocycles. The van der Waals surface area contributed by atoms with Crippen molar-refractivity contribution in [2.24, 2.45) is 0 Å². The fourth-order valence-corrected chi connectivity index (χ4v) is 3.42. The number of likely N-dealkylation sites (tertiary alicyclic amines) is 1. The van der Waals surface area contributed by atoms with E-state index < -0.39 is 0 Å². The molecule has 3 rings (SSSR count). The molecule has 1 aliphatic heterocycles. The number of halogens is 2. The number of aromatic nitrogens is 2. The van der Waals surface area contributed by atoms with Crippen molar-refractivity contribution in [2.45, 2.75) is 44.1 Å². The number of hydrogen-bond acceptors (Lipinski definition) is 2. The molecule has 0 N–H and O–H groups in total. The van der Waals surface area contributed by atoms with Crippen LogP contribution in [-0.4, -0.2) is 34.1 Å². The van der Waals surface area contributed by atoms with Gasteiger partial charge in [0.15, 0.2) is 5.82 Å². The normalized spacial score (nSPS) is 25.4. The lowest BCUT2D eigenvalue weighted by atomic mass is 9.98. The maximum atomic E-state index is 14.0. The highest BCUT2D eigenvalue weighted by atomic mass is 35.5. The summed E-state index contributed by atoms with van der Waals surface area (Å²) in [5.41, 5.74) is 1.30. The van der Waals surface area contributed by atoms with Crippen LogP contribution in [0.1, 0.15) is 43.9 Å². The average molecular weight is 310 g/mol. The predicted molar refractivity (Wildman–Crippen MR) is 84.3 cm³/mol. The van der Waals surface area contributed by atoms with E-state index in [2.05, 4.69) is 28.4 Å². The average Bonchev–Trinajstić information content (AvgIpc) is 2.83. The van der Waals surface area contributed by atoms with Crippen LogP contribution in [0.3, 0.4) is 0 Å². The summed E-state index contributed by atoms with van der Waals surface area (Å²) < 4.78 is 16.2. The van der Waals surface area contributed by atoms with Gasteiger partial charge in [0.1, 0.15) is 11.3 Å². The standard InChI is InChI=1S/C16H21ClFN3/c1-10-9-12(7-8-20(10)3)21-14-6-4-5-13(18)15(14)19-16(21)11(2)17/h4-6,10-12H,7-9H2,1-3H3. The van der Waals surface area contributed by atoms with E-state index in [1.54, 1.807) is 6.07 Å². The smallest absolute Gasteiger partial charge is 0.151 e. The van der Waals surface area contributed by atoms with Crippen molar-refractivity contribution >= 4 is 22.6 Å². The first-order valence-corrected chi connectivity index (χ1v) is 7.93. The van der Waals surface area contributed by atoms with Crippen LogP contribution in [0.25, 0.3) is 11.0 Å². The van der Waals surface area contributed by atoms with E-state index in [0.29, 0.717) is 17.6 Å². The van der Waals surface area contributed by atoms with Crippen LogP contribution < -0.4 is 0 Å². The lowest BCUT2D eigenvalue weighted by Crippen LogP contribution is -2.38. The fourth-order valence-electron chi connectivity index (χ4n) is 3.26. The highest BCUT2D eigenvalue weighted by Crippen LogP contribution is 2.34. The Hall–Kier alpha value is -1.13. The highest BCUT2D eigenvalue weighted by molar-refractivity contribution is 6.20. The summed E-state index contributed by atoms with van der Waals surface area (Å²) in [6.45, 7) is 5.17. The number of rotatable bonds is 2. The molecule has 3 nitrogen and oxygen atoms in total. The van der Waals surface area contributed by atoms with E-state index in [0.717, 1.165) is 30.7 Å². The Labute approximate surface area is 129 Å². The Morgan fingerprint density at radius 1 is 1.43 bits per heavy atom. The van der Waals surface area contributed by atoms with Crippen molar-refractivity contribution in [3.8, 4) is 0 Å². The van der Waals surface area contributed by atoms with Crippen molar-refractivity contribution in [2.75, 3.05) is 13.6 Å². The van der Waals surface area contributed by atoms with Gasteiger partial charge >= 0.3 is 0 Å². The van der Waals surface area contributed by atoms with E-state index >= 15 is 0 Å². The molecule has 0 aliphatic carbocycles. The van der Waals surface area contributed by atoms with Gasteiger partial charge in [0.25, 0.3) is 0 Å². The van der Waals surface area contributed by atoms with Crippen molar-refractivity contribution in [1.82, 2.24) is 14.5 Å². The third kappa shape index (κ3) is 2.55. The summed E-state index contributed by atoms with van der Waals surface area (Å²) in [6.07, 6.45) is 2.08. The molecule has 1 fully saturated rings. The van der Waals surface area contributed by atoms with Crippen molar-refractivity contribution in [3.05, 3.63) is 29.8 Å². The molecule has 5 heteroatoms. The molecular weight excluding hydrogens is 289 g/mol. The Morgan fingerprint density at radius 2 is 2.19 bits per heavy atom. The molecular formula is C16H21ClFN3. The largest absolute Gasteiger partial charge is 0.323 e. The lowest BCUT2D eigenvalue weighted by molar-refractivity contribution is 0.157. The zero-order chi connectivity index (χ0) is 15.1. The number of fused-ring (bicyclic) bond motifs is 1. The number of imidazole rings is 1. The second-order valence-corrected chi connectivity index (χ2v) is 6.73. The number of hydrogen-bond donors (Lipinski definition) is 0. The summed E-state index contributed by atoms with van der Waals surface area (Å²) >= 11 is 6.30. The molecule has 114 valence electrons. The molecule has 1 aromatic heterocycles. The van der Waals surface area contributed by atoms with Gasteiger partial charge in [-0.25, -0.2) is 9.37 Å². The van der Waals surface area contributed by atoms with Gasteiger partial charge in [0, 0.05) is 18.6 Å². The van der Waals surface area contributed by atoms with E-state index in [4.69, 9.17) is 11.6 Å². The minimum Gasteiger partial charge on any atom is -0.323 e. The van der Waals surface area contributed by atoms with E-state index in [1.807, 2.05) is 13.0 Å². The summed E-state index contributed by atoms with van der Waals surface area (Å²) in [7, 11) is 2.15. The molecule has 3 atom stereocenters. The first-order chi connectivity index (χ1) is 9.99. The van der Waals surface area contributed by atoms with E-state index in [-0.39, 0.29) is 11.2 Å². The number of alkyl halides is 1.